The Bertz CT molecular complexity index is 833. The Kier molecular flexibility index (Phi) is 7.03. The molecule has 2 aromatic carbocycles. The molecule has 1 amide bonds. The average Bonchev–Trinajstić information content (AvgIpc) is 2.72. The Morgan fingerprint density at radius 2 is 2.04 bits per heavy atom. The maximum absolute atomic E-state index is 13.8. The number of nitrogens with zero attached hydrogens (tertiary/aromatic N) is 1. The van der Waals surface area contributed by atoms with Crippen LogP contribution in [0, 0.1) is 5.82 Å². The summed E-state index contributed by atoms with van der Waals surface area (Å²) in [5.74, 6) is -0.955. The second kappa shape index (κ2) is 9.68. The molecule has 1 unspecified atom stereocenters. The first-order valence-electron chi connectivity index (χ1n) is 9.04. The van der Waals surface area contributed by atoms with Gasteiger partial charge in [0.1, 0.15) is 5.82 Å². The van der Waals surface area contributed by atoms with E-state index in [0.717, 1.165) is 24.3 Å². The molecule has 7 heteroatoms. The normalized spacial score (nSPS) is 15.6. The number of carbonyl (C=O) groups is 1. The van der Waals surface area contributed by atoms with Gasteiger partial charge < -0.3 is 20.1 Å². The van der Waals surface area contributed by atoms with E-state index in [9.17, 15) is 14.3 Å². The Labute approximate surface area is 168 Å². The number of hydrogen-bond acceptors (Lipinski definition) is 4. The van der Waals surface area contributed by atoms with E-state index in [4.69, 9.17) is 16.3 Å². The van der Waals surface area contributed by atoms with Crippen LogP contribution in [0.4, 0.5) is 10.1 Å². The van der Waals surface area contributed by atoms with Crippen molar-refractivity contribution in [1.29, 1.82) is 0 Å². The number of anilines is 1. The molecule has 1 aliphatic heterocycles. The molecular formula is C21H22ClFN2O3. The average molecular weight is 405 g/mol. The van der Waals surface area contributed by atoms with Gasteiger partial charge in [-0.15, -0.1) is 0 Å². The van der Waals surface area contributed by atoms with Crippen LogP contribution < -0.4 is 10.2 Å². The number of aliphatic hydroxyl groups is 1. The molecule has 2 aromatic rings. The first-order chi connectivity index (χ1) is 13.6. The van der Waals surface area contributed by atoms with Crippen molar-refractivity contribution in [1.82, 2.24) is 5.32 Å². The number of amides is 1. The molecule has 3 rings (SSSR count). The second-order valence-electron chi connectivity index (χ2n) is 6.41. The van der Waals surface area contributed by atoms with Crippen molar-refractivity contribution in [3.8, 4) is 0 Å². The molecule has 0 saturated carbocycles. The standard InChI is InChI=1S/C21H22ClFN2O3/c22-18-5-2-6-19(23)17(18)7-8-21(27)24-20(14-26)15-3-1-4-16(13-15)25-9-11-28-12-10-25/h1-8,13,20,26H,9-12,14H2,(H,24,27)/b8-7+. The predicted molar refractivity (Wildman–Crippen MR) is 108 cm³/mol. The summed E-state index contributed by atoms with van der Waals surface area (Å²) >= 11 is 5.96. The van der Waals surface area contributed by atoms with Crippen LogP contribution in [0.2, 0.25) is 5.02 Å². The minimum atomic E-state index is -0.575. The number of benzene rings is 2. The van der Waals surface area contributed by atoms with Crippen LogP contribution in [0.1, 0.15) is 17.2 Å². The van der Waals surface area contributed by atoms with Crippen LogP contribution in [0.3, 0.4) is 0 Å². The Balaban J connectivity index is 1.70. The largest absolute Gasteiger partial charge is 0.394 e. The zero-order valence-corrected chi connectivity index (χ0v) is 16.0. The molecule has 0 bridgehead atoms. The minimum Gasteiger partial charge on any atom is -0.394 e. The molecule has 1 aliphatic rings. The number of carbonyl (C=O) groups excluding carboxylic acids is 1. The monoisotopic (exact) mass is 404 g/mol. The van der Waals surface area contributed by atoms with E-state index in [1.54, 1.807) is 6.07 Å². The maximum atomic E-state index is 13.8. The Hall–Kier alpha value is -2.41. The minimum absolute atomic E-state index is 0.147. The summed E-state index contributed by atoms with van der Waals surface area (Å²) < 4.78 is 19.2. The zero-order chi connectivity index (χ0) is 19.9. The molecule has 0 spiro atoms. The lowest BCUT2D eigenvalue weighted by Crippen LogP contribution is -2.36. The number of aliphatic hydroxyl groups excluding tert-OH is 1. The van der Waals surface area contributed by atoms with Crippen LogP contribution in [0.5, 0.6) is 0 Å². The van der Waals surface area contributed by atoms with Gasteiger partial charge in [0.25, 0.3) is 0 Å². The van der Waals surface area contributed by atoms with Crippen molar-refractivity contribution in [2.24, 2.45) is 0 Å². The third kappa shape index (κ3) is 5.10. The van der Waals surface area contributed by atoms with Gasteiger partial charge in [0.2, 0.25) is 5.91 Å². The predicted octanol–water partition coefficient (Wildman–Crippen LogP) is 3.18. The van der Waals surface area contributed by atoms with Gasteiger partial charge >= 0.3 is 0 Å². The fraction of sp³-hybridized carbons (Fsp3) is 0.286. The molecule has 0 aliphatic carbocycles. The molecule has 0 radical (unpaired) electrons. The lowest BCUT2D eigenvalue weighted by Gasteiger charge is -2.29. The summed E-state index contributed by atoms with van der Waals surface area (Å²) in [6.07, 6.45) is 2.53. The Morgan fingerprint density at radius 3 is 2.75 bits per heavy atom. The lowest BCUT2D eigenvalue weighted by molar-refractivity contribution is -0.117. The van der Waals surface area contributed by atoms with Gasteiger partial charge in [-0.25, -0.2) is 4.39 Å². The van der Waals surface area contributed by atoms with Crippen LogP contribution in [-0.2, 0) is 9.53 Å². The van der Waals surface area contributed by atoms with E-state index in [-0.39, 0.29) is 17.2 Å². The number of rotatable bonds is 6. The quantitative estimate of drug-likeness (QED) is 0.726. The van der Waals surface area contributed by atoms with Crippen LogP contribution in [0.15, 0.2) is 48.5 Å². The van der Waals surface area contributed by atoms with Crippen molar-refractivity contribution in [3.63, 3.8) is 0 Å². The van der Waals surface area contributed by atoms with Crippen molar-refractivity contribution in [2.45, 2.75) is 6.04 Å². The lowest BCUT2D eigenvalue weighted by atomic mass is 10.1. The zero-order valence-electron chi connectivity index (χ0n) is 15.3. The van der Waals surface area contributed by atoms with E-state index in [2.05, 4.69) is 10.2 Å². The van der Waals surface area contributed by atoms with Crippen LogP contribution in [0.25, 0.3) is 6.08 Å². The molecule has 1 heterocycles. The number of ether oxygens (including phenoxy) is 1. The molecule has 1 atom stereocenters. The number of halogens is 2. The van der Waals surface area contributed by atoms with Gasteiger partial charge in [0.05, 0.1) is 30.9 Å². The van der Waals surface area contributed by atoms with Gasteiger partial charge in [-0.05, 0) is 35.9 Å². The van der Waals surface area contributed by atoms with Crippen molar-refractivity contribution in [2.75, 3.05) is 37.8 Å². The molecule has 1 saturated heterocycles. The van der Waals surface area contributed by atoms with E-state index in [1.807, 2.05) is 24.3 Å². The smallest absolute Gasteiger partial charge is 0.244 e. The highest BCUT2D eigenvalue weighted by Crippen LogP contribution is 2.22. The first kappa shape index (κ1) is 20.3. The SMILES string of the molecule is O=C(/C=C/c1c(F)cccc1Cl)NC(CO)c1cccc(N2CCOCC2)c1. The van der Waals surface area contributed by atoms with Gasteiger partial charge in [-0.1, -0.05) is 29.8 Å². The number of nitrogens with one attached hydrogen (secondary N) is 1. The summed E-state index contributed by atoms with van der Waals surface area (Å²) in [4.78, 5) is 14.5. The topological polar surface area (TPSA) is 61.8 Å². The van der Waals surface area contributed by atoms with Crippen molar-refractivity contribution >= 4 is 29.3 Å². The summed E-state index contributed by atoms with van der Waals surface area (Å²) in [7, 11) is 0. The second-order valence-corrected chi connectivity index (χ2v) is 6.81. The molecule has 5 nitrogen and oxygen atoms in total. The molecule has 1 fully saturated rings. The Morgan fingerprint density at radius 1 is 1.29 bits per heavy atom. The highest BCUT2D eigenvalue weighted by atomic mass is 35.5. The molecular weight excluding hydrogens is 383 g/mol. The first-order valence-corrected chi connectivity index (χ1v) is 9.42. The number of morpholine rings is 1. The summed E-state index contributed by atoms with van der Waals surface area (Å²) in [5.41, 5.74) is 1.95. The maximum Gasteiger partial charge on any atom is 0.244 e. The van der Waals surface area contributed by atoms with Crippen LogP contribution in [-0.4, -0.2) is 43.9 Å². The fourth-order valence-electron chi connectivity index (χ4n) is 3.04. The highest BCUT2D eigenvalue weighted by Gasteiger charge is 2.16. The van der Waals surface area contributed by atoms with Crippen LogP contribution >= 0.6 is 11.6 Å². The van der Waals surface area contributed by atoms with E-state index in [0.29, 0.717) is 13.2 Å². The highest BCUT2D eigenvalue weighted by molar-refractivity contribution is 6.32. The summed E-state index contributed by atoms with van der Waals surface area (Å²) in [6.45, 7) is 2.69. The summed E-state index contributed by atoms with van der Waals surface area (Å²) in [6, 6.07) is 11.4. The van der Waals surface area contributed by atoms with Crippen molar-refractivity contribution < 1.29 is 19.0 Å². The third-order valence-corrected chi connectivity index (χ3v) is 4.88. The molecule has 148 valence electrons. The molecule has 28 heavy (non-hydrogen) atoms. The van der Waals surface area contributed by atoms with Crippen molar-refractivity contribution in [3.05, 3.63) is 70.5 Å². The molecule has 0 aromatic heterocycles. The van der Waals surface area contributed by atoms with Gasteiger partial charge in [-0.3, -0.25) is 4.79 Å². The van der Waals surface area contributed by atoms with E-state index < -0.39 is 17.8 Å². The van der Waals surface area contributed by atoms with Gasteiger partial charge in [0, 0.05) is 30.4 Å². The molecule has 2 N–H and O–H groups in total. The van der Waals surface area contributed by atoms with Gasteiger partial charge in [-0.2, -0.15) is 0 Å². The summed E-state index contributed by atoms with van der Waals surface area (Å²) in [5, 5.41) is 12.7. The number of hydrogen-bond donors (Lipinski definition) is 2. The fourth-order valence-corrected chi connectivity index (χ4v) is 3.27. The van der Waals surface area contributed by atoms with E-state index in [1.165, 1.54) is 24.3 Å². The third-order valence-electron chi connectivity index (χ3n) is 4.55. The van der Waals surface area contributed by atoms with Gasteiger partial charge in [0.15, 0.2) is 0 Å². The van der Waals surface area contributed by atoms with E-state index >= 15 is 0 Å².